The summed E-state index contributed by atoms with van der Waals surface area (Å²) in [6, 6.07) is 32.5. The molecule has 4 aromatic heterocycles. The van der Waals surface area contributed by atoms with E-state index in [2.05, 4.69) is 108 Å². The van der Waals surface area contributed by atoms with Crippen LogP contribution in [0.5, 0.6) is 0 Å². The number of ether oxygens (including phenoxy) is 3. The van der Waals surface area contributed by atoms with E-state index in [-0.39, 0.29) is 74.3 Å². The van der Waals surface area contributed by atoms with Crippen LogP contribution in [0.25, 0.3) is 44.3 Å². The Morgan fingerprint density at radius 2 is 0.972 bits per heavy atom. The highest BCUT2D eigenvalue weighted by molar-refractivity contribution is 5.98. The number of hydrogen-bond donors (Lipinski definition) is 8. The molecule has 0 spiro atoms. The van der Waals surface area contributed by atoms with Gasteiger partial charge in [-0.05, 0) is 169 Å². The predicted octanol–water partition coefficient (Wildman–Crippen LogP) is 10.0. The normalized spacial score (nSPS) is 15.4. The van der Waals surface area contributed by atoms with Crippen molar-refractivity contribution in [2.24, 2.45) is 0 Å². The molecular weight excluding hydrogens is 1340 g/mol. The number of anilines is 2. The van der Waals surface area contributed by atoms with E-state index in [1.54, 1.807) is 11.0 Å². The highest BCUT2D eigenvalue weighted by Gasteiger charge is 2.27. The number of rotatable bonds is 25. The average molecular weight is 1450 g/mol. The van der Waals surface area contributed by atoms with Gasteiger partial charge in [0.1, 0.15) is 24.7 Å². The number of hydrogen-bond acceptors (Lipinski definition) is 18. The largest absolute Gasteiger partial charge is 0.444 e. The van der Waals surface area contributed by atoms with Crippen LogP contribution in [-0.2, 0) is 92.0 Å². The molecular formula is C81H108N16O9. The number of aromatic nitrogens is 6. The van der Waals surface area contributed by atoms with Crippen LogP contribution in [0, 0.1) is 0 Å². The number of carbonyl (C=O) groups is 6. The molecule has 4 aliphatic rings. The number of benzene rings is 4. The highest BCUT2D eigenvalue weighted by atomic mass is 16.6. The minimum absolute atomic E-state index is 0.193. The lowest BCUT2D eigenvalue weighted by molar-refractivity contribution is -0.131. The van der Waals surface area contributed by atoms with Crippen LogP contribution in [0.15, 0.2) is 109 Å². The van der Waals surface area contributed by atoms with Gasteiger partial charge in [-0.1, -0.05) is 86.6 Å². The maximum Gasteiger partial charge on any atom is 0.410 e. The number of aryl methyl sites for hydroxylation is 4. The summed E-state index contributed by atoms with van der Waals surface area (Å²) < 4.78 is 20.2. The van der Waals surface area contributed by atoms with Gasteiger partial charge in [-0.3, -0.25) is 28.9 Å². The van der Waals surface area contributed by atoms with Gasteiger partial charge in [-0.2, -0.15) is 10.2 Å². The second kappa shape index (κ2) is 39.6. The first kappa shape index (κ1) is 78.9. The summed E-state index contributed by atoms with van der Waals surface area (Å²) in [6.45, 7) is 27.9. The smallest absolute Gasteiger partial charge is 0.410 e. The van der Waals surface area contributed by atoms with Crippen LogP contribution in [0.2, 0.25) is 0 Å². The topological polar surface area (TPSA) is 294 Å². The maximum atomic E-state index is 13.0. The lowest BCUT2D eigenvalue weighted by atomic mass is 10.0. The summed E-state index contributed by atoms with van der Waals surface area (Å²) in [4.78, 5) is 88.4. The Kier molecular flexibility index (Phi) is 29.5. The fourth-order valence-electron chi connectivity index (χ4n) is 13.6. The van der Waals surface area contributed by atoms with Crippen LogP contribution in [0.3, 0.4) is 0 Å². The number of pyridine rings is 2. The first-order valence-electron chi connectivity index (χ1n) is 37.9. The van der Waals surface area contributed by atoms with Crippen LogP contribution in [0.4, 0.5) is 16.2 Å². The van der Waals surface area contributed by atoms with Crippen molar-refractivity contribution < 1.29 is 43.0 Å². The molecule has 0 bridgehead atoms. The SMILES string of the molecule is CC(C)(C)OC(=O)N1CCCNCC1.CCc1nc2c(cnn2CC)c(NC2CCOCC2)c1CNC(=O)CC(=O)NCc1cccc(-c2cccc(C=O)c2)c1.CCc1nc2c(cnn2CC)c(NC2CCOCC2)c1CNC(=O)CC(=O)NCc1cccc(-c2cccc(CN3CCCNCC3)c2)c1. The predicted molar refractivity (Wildman–Crippen MR) is 414 cm³/mol. The van der Waals surface area contributed by atoms with E-state index in [0.717, 1.165) is 206 Å². The van der Waals surface area contributed by atoms with Gasteiger partial charge in [0.15, 0.2) is 11.3 Å². The molecule has 25 nitrogen and oxygen atoms in total. The van der Waals surface area contributed by atoms with E-state index in [1.807, 2.05) is 111 Å². The molecule has 0 aliphatic carbocycles. The summed E-state index contributed by atoms with van der Waals surface area (Å²) in [5.74, 6) is -1.36. The van der Waals surface area contributed by atoms with Gasteiger partial charge in [0.25, 0.3) is 0 Å². The third-order valence-corrected chi connectivity index (χ3v) is 19.2. The molecule has 0 atom stereocenters. The summed E-state index contributed by atoms with van der Waals surface area (Å²) in [5, 5.41) is 36.9. The minimum atomic E-state index is -0.392. The number of nitrogens with zero attached hydrogens (tertiary/aromatic N) is 8. The summed E-state index contributed by atoms with van der Waals surface area (Å²) in [5.41, 5.74) is 14.7. The van der Waals surface area contributed by atoms with Crippen LogP contribution in [-0.4, -0.2) is 172 Å². The van der Waals surface area contributed by atoms with Crippen molar-refractivity contribution >= 4 is 69.4 Å². The molecule has 566 valence electrons. The van der Waals surface area contributed by atoms with E-state index >= 15 is 0 Å². The highest BCUT2D eigenvalue weighted by Crippen LogP contribution is 2.34. The molecule has 4 aromatic carbocycles. The molecule has 8 N–H and O–H groups in total. The third kappa shape index (κ3) is 22.9. The van der Waals surface area contributed by atoms with Gasteiger partial charge in [-0.15, -0.1) is 0 Å². The van der Waals surface area contributed by atoms with Crippen molar-refractivity contribution in [3.63, 3.8) is 0 Å². The van der Waals surface area contributed by atoms with Crippen molar-refractivity contribution in [2.45, 2.75) is 176 Å². The second-order valence-electron chi connectivity index (χ2n) is 28.2. The van der Waals surface area contributed by atoms with E-state index in [1.165, 1.54) is 12.0 Å². The van der Waals surface area contributed by atoms with E-state index in [9.17, 15) is 28.8 Å². The lowest BCUT2D eigenvalue weighted by Crippen LogP contribution is -2.38. The van der Waals surface area contributed by atoms with Gasteiger partial charge in [-0.25, -0.2) is 24.1 Å². The average Bonchev–Trinajstić information content (AvgIpc) is 1.58. The molecule has 106 heavy (non-hydrogen) atoms. The molecule has 25 heteroatoms. The first-order valence-corrected chi connectivity index (χ1v) is 37.9. The Labute approximate surface area is 622 Å². The molecule has 5 amide bonds. The fraction of sp³-hybridized carbons (Fsp3) is 0.481. The van der Waals surface area contributed by atoms with Gasteiger partial charge in [0, 0.05) is 145 Å². The van der Waals surface area contributed by atoms with Crippen molar-refractivity contribution in [3.05, 3.63) is 154 Å². The Balaban J connectivity index is 0.000000193. The van der Waals surface area contributed by atoms with Gasteiger partial charge >= 0.3 is 6.09 Å². The molecule has 0 radical (unpaired) electrons. The quantitative estimate of drug-likeness (QED) is 0.0195. The molecule has 4 fully saturated rings. The molecule has 8 aromatic rings. The Morgan fingerprint density at radius 1 is 0.538 bits per heavy atom. The van der Waals surface area contributed by atoms with Crippen LogP contribution in [0.1, 0.15) is 149 Å². The van der Waals surface area contributed by atoms with E-state index in [0.29, 0.717) is 44.7 Å². The zero-order chi connectivity index (χ0) is 74.8. The molecule has 4 aliphatic heterocycles. The van der Waals surface area contributed by atoms with Gasteiger partial charge in [0.05, 0.1) is 34.5 Å². The monoisotopic (exact) mass is 1450 g/mol. The van der Waals surface area contributed by atoms with Crippen molar-refractivity contribution in [3.8, 4) is 22.3 Å². The van der Waals surface area contributed by atoms with Gasteiger partial charge in [0.2, 0.25) is 23.6 Å². The van der Waals surface area contributed by atoms with Crippen molar-refractivity contribution in [1.29, 1.82) is 0 Å². The Morgan fingerprint density at radius 3 is 1.43 bits per heavy atom. The zero-order valence-corrected chi connectivity index (χ0v) is 62.9. The molecule has 0 saturated carbocycles. The van der Waals surface area contributed by atoms with Crippen LogP contribution < -0.4 is 42.5 Å². The molecule has 8 heterocycles. The lowest BCUT2D eigenvalue weighted by Gasteiger charge is -2.26. The van der Waals surface area contributed by atoms with Crippen LogP contribution >= 0.6 is 0 Å². The molecule has 12 rings (SSSR count). The van der Waals surface area contributed by atoms with Crippen molar-refractivity contribution in [2.75, 3.05) is 89.4 Å². The standard InChI is InChI=1S/C38H50N8O3.C33H38N6O4.C10H20N2O2/c1-3-34-32(37(43-31-12-18-49-19-13-31)33-25-42-46(4-2)38(33)44-34)24-41-36(48)22-35(47)40-23-27-8-5-10-29(20-27)30-11-6-9-28(21-30)26-45-16-7-14-39-15-17-45;1-3-29-27(32(37-26-11-13-43-14-12-26)28-20-36-39(4-2)33(28)38-29)19-35-31(42)17-30(41)34-18-22-7-5-9-24(15-22)25-10-6-8-23(16-25)21-40;1-10(2,3)14-9(13)12-7-4-5-11-6-8-12/h5-6,8-11,20-21,25,31,39H,3-4,7,12-19,22-24,26H2,1-2H3,(H,40,47)(H,41,48)(H,43,44);5-10,15-16,20-21,26H,3-4,11-14,17-19H2,1-2H3,(H,34,41)(H,35,42)(H,37,38);11H,4-8H2,1-3H3. The zero-order valence-electron chi connectivity index (χ0n) is 62.9. The third-order valence-electron chi connectivity index (χ3n) is 19.2. The number of aldehydes is 1. The van der Waals surface area contributed by atoms with Gasteiger partial charge < -0.3 is 61.6 Å². The molecule has 0 unspecified atom stereocenters. The number of fused-ring (bicyclic) bond motifs is 2. The molecule has 4 saturated heterocycles. The Hall–Kier alpha value is -9.66. The number of carbonyl (C=O) groups excluding carboxylic acids is 6. The van der Waals surface area contributed by atoms with E-state index < -0.39 is 5.60 Å². The Bertz CT molecular complexity index is 4230. The van der Waals surface area contributed by atoms with Crippen molar-refractivity contribution in [1.82, 2.24) is 71.2 Å². The first-order chi connectivity index (χ1) is 51.5. The fourth-order valence-corrected chi connectivity index (χ4v) is 13.6. The summed E-state index contributed by atoms with van der Waals surface area (Å²) in [6.07, 6.45) is 11.0. The van der Waals surface area contributed by atoms with E-state index in [4.69, 9.17) is 24.2 Å². The minimum Gasteiger partial charge on any atom is -0.444 e. The second-order valence-corrected chi connectivity index (χ2v) is 28.2. The number of amides is 5. The summed E-state index contributed by atoms with van der Waals surface area (Å²) >= 11 is 0. The number of nitrogens with one attached hydrogen (secondary N) is 8. The maximum absolute atomic E-state index is 13.0. The summed E-state index contributed by atoms with van der Waals surface area (Å²) in [7, 11) is 0.